The topological polar surface area (TPSA) is 58.4 Å². The summed E-state index contributed by atoms with van der Waals surface area (Å²) in [4.78, 5) is 2.63. The Bertz CT molecular complexity index is 871. The first-order chi connectivity index (χ1) is 11.7. The molecule has 7 heteroatoms. The van der Waals surface area contributed by atoms with Gasteiger partial charge in [0, 0.05) is 38.4 Å². The standard InChI is InChI=1S/C18H26N4O2S/c1-13-6-8-17(9-7-13)22-11-10-21(12-14(22)2)25(23,24)18-15(3)19-20(5)16(18)4/h6-9,14H,10-12H2,1-5H3. The predicted molar refractivity (Wildman–Crippen MR) is 99.4 cm³/mol. The molecule has 1 unspecified atom stereocenters. The Balaban J connectivity index is 1.83. The molecule has 1 aromatic heterocycles. The van der Waals surface area contributed by atoms with Crippen LogP contribution in [-0.2, 0) is 17.1 Å². The minimum Gasteiger partial charge on any atom is -0.366 e. The van der Waals surface area contributed by atoms with Gasteiger partial charge in [0.05, 0.1) is 11.4 Å². The lowest BCUT2D eigenvalue weighted by Gasteiger charge is -2.40. The summed E-state index contributed by atoms with van der Waals surface area (Å²) >= 11 is 0. The van der Waals surface area contributed by atoms with Crippen molar-refractivity contribution in [2.24, 2.45) is 7.05 Å². The molecule has 0 N–H and O–H groups in total. The van der Waals surface area contributed by atoms with Gasteiger partial charge in [-0.15, -0.1) is 0 Å². The van der Waals surface area contributed by atoms with Crippen molar-refractivity contribution in [3.63, 3.8) is 0 Å². The van der Waals surface area contributed by atoms with Gasteiger partial charge in [-0.3, -0.25) is 4.68 Å². The highest BCUT2D eigenvalue weighted by Crippen LogP contribution is 2.27. The summed E-state index contributed by atoms with van der Waals surface area (Å²) in [6.45, 7) is 9.34. The number of piperazine rings is 1. The zero-order valence-corrected chi connectivity index (χ0v) is 16.3. The van der Waals surface area contributed by atoms with Crippen molar-refractivity contribution in [3.8, 4) is 0 Å². The zero-order valence-electron chi connectivity index (χ0n) is 15.5. The highest BCUT2D eigenvalue weighted by molar-refractivity contribution is 7.89. The molecular weight excluding hydrogens is 336 g/mol. The van der Waals surface area contributed by atoms with Crippen LogP contribution in [-0.4, -0.2) is 48.2 Å². The predicted octanol–water partition coefficient (Wildman–Crippen LogP) is 2.24. The molecule has 1 aromatic carbocycles. The normalized spacial score (nSPS) is 19.4. The Morgan fingerprint density at radius 1 is 1.08 bits per heavy atom. The van der Waals surface area contributed by atoms with E-state index in [9.17, 15) is 8.42 Å². The van der Waals surface area contributed by atoms with Crippen molar-refractivity contribution < 1.29 is 8.42 Å². The molecule has 0 spiro atoms. The molecule has 1 aliphatic rings. The Morgan fingerprint density at radius 3 is 2.24 bits per heavy atom. The number of sulfonamides is 1. The molecule has 6 nitrogen and oxygen atoms in total. The third-order valence-corrected chi connectivity index (χ3v) is 7.11. The van der Waals surface area contributed by atoms with E-state index in [1.165, 1.54) is 5.56 Å². The van der Waals surface area contributed by atoms with Crippen LogP contribution in [0.25, 0.3) is 0 Å². The van der Waals surface area contributed by atoms with Crippen molar-refractivity contribution in [3.05, 3.63) is 41.2 Å². The van der Waals surface area contributed by atoms with Crippen LogP contribution in [0.3, 0.4) is 0 Å². The minimum absolute atomic E-state index is 0.114. The number of rotatable bonds is 3. The van der Waals surface area contributed by atoms with Crippen molar-refractivity contribution >= 4 is 15.7 Å². The lowest BCUT2D eigenvalue weighted by Crippen LogP contribution is -2.53. The first-order valence-electron chi connectivity index (χ1n) is 8.55. The lowest BCUT2D eigenvalue weighted by atomic mass is 10.1. The molecule has 0 amide bonds. The van der Waals surface area contributed by atoms with Crippen molar-refractivity contribution in [2.75, 3.05) is 24.5 Å². The Kier molecular flexibility index (Phi) is 4.64. The zero-order chi connectivity index (χ0) is 18.4. The van der Waals surface area contributed by atoms with Crippen LogP contribution >= 0.6 is 0 Å². The van der Waals surface area contributed by atoms with Gasteiger partial charge >= 0.3 is 0 Å². The molecule has 2 aromatic rings. The summed E-state index contributed by atoms with van der Waals surface area (Å²) in [5.74, 6) is 0. The van der Waals surface area contributed by atoms with E-state index in [-0.39, 0.29) is 6.04 Å². The van der Waals surface area contributed by atoms with Gasteiger partial charge < -0.3 is 4.90 Å². The van der Waals surface area contributed by atoms with Gasteiger partial charge in [-0.2, -0.15) is 9.40 Å². The first-order valence-corrected chi connectivity index (χ1v) is 9.99. The molecule has 1 fully saturated rings. The summed E-state index contributed by atoms with van der Waals surface area (Å²) in [6.07, 6.45) is 0. The molecule has 136 valence electrons. The highest BCUT2D eigenvalue weighted by atomic mass is 32.2. The van der Waals surface area contributed by atoms with Crippen molar-refractivity contribution in [1.29, 1.82) is 0 Å². The average Bonchev–Trinajstić information content (AvgIpc) is 2.81. The number of anilines is 1. The Morgan fingerprint density at radius 2 is 1.72 bits per heavy atom. The minimum atomic E-state index is -3.52. The molecule has 25 heavy (non-hydrogen) atoms. The van der Waals surface area contributed by atoms with Crippen LogP contribution in [0.2, 0.25) is 0 Å². The molecule has 2 heterocycles. The number of aromatic nitrogens is 2. The summed E-state index contributed by atoms with van der Waals surface area (Å²) in [6, 6.07) is 8.50. The van der Waals surface area contributed by atoms with Gasteiger partial charge in [-0.1, -0.05) is 17.7 Å². The fraction of sp³-hybridized carbons (Fsp3) is 0.500. The number of aryl methyl sites for hydroxylation is 3. The Hall–Kier alpha value is -1.86. The summed E-state index contributed by atoms with van der Waals surface area (Å²) < 4.78 is 29.5. The van der Waals surface area contributed by atoms with Crippen LogP contribution in [0.4, 0.5) is 5.69 Å². The molecule has 0 bridgehead atoms. The van der Waals surface area contributed by atoms with Crippen LogP contribution in [0.1, 0.15) is 23.9 Å². The highest BCUT2D eigenvalue weighted by Gasteiger charge is 2.35. The smallest absolute Gasteiger partial charge is 0.246 e. The van der Waals surface area contributed by atoms with Crippen LogP contribution in [0, 0.1) is 20.8 Å². The molecule has 1 atom stereocenters. The van der Waals surface area contributed by atoms with Crippen LogP contribution in [0.5, 0.6) is 0 Å². The second-order valence-corrected chi connectivity index (χ2v) is 8.74. The second kappa shape index (κ2) is 6.46. The molecule has 3 rings (SSSR count). The van der Waals surface area contributed by atoms with E-state index in [1.807, 2.05) is 0 Å². The van der Waals surface area contributed by atoms with E-state index < -0.39 is 10.0 Å². The summed E-state index contributed by atoms with van der Waals surface area (Å²) in [5.41, 5.74) is 3.61. The van der Waals surface area contributed by atoms with Crippen molar-refractivity contribution in [2.45, 2.75) is 38.6 Å². The lowest BCUT2D eigenvalue weighted by molar-refractivity contribution is 0.342. The summed E-state index contributed by atoms with van der Waals surface area (Å²) in [5, 5.41) is 4.26. The molecule has 0 saturated carbocycles. The fourth-order valence-electron chi connectivity index (χ4n) is 3.52. The number of hydrogen-bond acceptors (Lipinski definition) is 4. The largest absolute Gasteiger partial charge is 0.366 e. The molecule has 1 aliphatic heterocycles. The van der Waals surface area contributed by atoms with E-state index in [4.69, 9.17) is 0 Å². The van der Waals surface area contributed by atoms with E-state index in [2.05, 4.69) is 48.1 Å². The maximum Gasteiger partial charge on any atom is 0.246 e. The van der Waals surface area contributed by atoms with E-state index in [0.717, 1.165) is 5.69 Å². The number of benzene rings is 1. The van der Waals surface area contributed by atoms with Crippen LogP contribution in [0.15, 0.2) is 29.2 Å². The maximum atomic E-state index is 13.1. The third-order valence-electron chi connectivity index (χ3n) is 5.00. The number of nitrogens with zero attached hydrogens (tertiary/aromatic N) is 4. The first kappa shape index (κ1) is 17.9. The van der Waals surface area contributed by atoms with E-state index >= 15 is 0 Å². The quantitative estimate of drug-likeness (QED) is 0.840. The van der Waals surface area contributed by atoms with Gasteiger partial charge in [0.2, 0.25) is 10.0 Å². The van der Waals surface area contributed by atoms with E-state index in [1.54, 1.807) is 29.9 Å². The van der Waals surface area contributed by atoms with Crippen molar-refractivity contribution in [1.82, 2.24) is 14.1 Å². The fourth-order valence-corrected chi connectivity index (χ4v) is 5.43. The van der Waals surface area contributed by atoms with Crippen LogP contribution < -0.4 is 4.90 Å². The SMILES string of the molecule is Cc1ccc(N2CCN(S(=O)(=O)c3c(C)nn(C)c3C)CC2C)cc1. The van der Waals surface area contributed by atoms with E-state index in [0.29, 0.717) is 35.9 Å². The maximum absolute atomic E-state index is 13.1. The molecule has 0 radical (unpaired) electrons. The molecule has 1 saturated heterocycles. The van der Waals surface area contributed by atoms with Gasteiger partial charge in [-0.05, 0) is 39.8 Å². The van der Waals surface area contributed by atoms with Gasteiger partial charge in [-0.25, -0.2) is 8.42 Å². The van der Waals surface area contributed by atoms with Gasteiger partial charge in [0.25, 0.3) is 0 Å². The third kappa shape index (κ3) is 3.18. The summed E-state index contributed by atoms with van der Waals surface area (Å²) in [7, 11) is -1.75. The molecular formula is C18H26N4O2S. The second-order valence-electron chi connectivity index (χ2n) is 6.86. The Labute approximate surface area is 150 Å². The van der Waals surface area contributed by atoms with Gasteiger partial charge in [0.15, 0.2) is 0 Å². The monoisotopic (exact) mass is 362 g/mol. The molecule has 0 aliphatic carbocycles. The number of hydrogen-bond donors (Lipinski definition) is 0. The average molecular weight is 362 g/mol. The van der Waals surface area contributed by atoms with Gasteiger partial charge in [0.1, 0.15) is 4.90 Å².